The van der Waals surface area contributed by atoms with Gasteiger partial charge in [0.25, 0.3) is 0 Å². The van der Waals surface area contributed by atoms with E-state index < -0.39 is 11.7 Å². The van der Waals surface area contributed by atoms with Crippen molar-refractivity contribution in [1.82, 2.24) is 20.2 Å². The first-order chi connectivity index (χ1) is 16.2. The van der Waals surface area contributed by atoms with Crippen molar-refractivity contribution in [3.05, 3.63) is 66.0 Å². The molecule has 3 aromatic rings. The largest absolute Gasteiger partial charge is 0.444 e. The Bertz CT molecular complexity index is 1170. The quantitative estimate of drug-likeness (QED) is 0.477. The summed E-state index contributed by atoms with van der Waals surface area (Å²) in [6, 6.07) is 18.4. The van der Waals surface area contributed by atoms with E-state index in [1.807, 2.05) is 39.0 Å². The zero-order valence-electron chi connectivity index (χ0n) is 20.3. The van der Waals surface area contributed by atoms with Gasteiger partial charge in [0.05, 0.1) is 11.8 Å². The molecule has 0 spiro atoms. The van der Waals surface area contributed by atoms with Crippen molar-refractivity contribution in [3.8, 4) is 11.1 Å². The lowest BCUT2D eigenvalue weighted by molar-refractivity contribution is 0.0482. The van der Waals surface area contributed by atoms with Gasteiger partial charge in [-0.3, -0.25) is 0 Å². The summed E-state index contributed by atoms with van der Waals surface area (Å²) in [7, 11) is 0. The van der Waals surface area contributed by atoms with E-state index in [1.165, 1.54) is 5.56 Å². The van der Waals surface area contributed by atoms with Crippen molar-refractivity contribution in [1.29, 1.82) is 0 Å². The Balaban J connectivity index is 1.62. The highest BCUT2D eigenvalue weighted by Crippen LogP contribution is 2.30. The first-order valence-corrected chi connectivity index (χ1v) is 12.5. The van der Waals surface area contributed by atoms with Gasteiger partial charge in [-0.1, -0.05) is 86.6 Å². The minimum Gasteiger partial charge on any atom is -0.444 e. The van der Waals surface area contributed by atoms with Crippen molar-refractivity contribution < 1.29 is 9.53 Å². The normalized spacial score (nSPS) is 15.1. The Morgan fingerprint density at radius 3 is 2.35 bits per heavy atom. The summed E-state index contributed by atoms with van der Waals surface area (Å²) in [5, 5.41) is 17.4. The molecule has 2 heterocycles. The fraction of sp³-hybridized carbons (Fsp3) is 0.385. The molecule has 0 bridgehead atoms. The van der Waals surface area contributed by atoms with Gasteiger partial charge in [-0.2, -0.15) is 9.78 Å². The summed E-state index contributed by atoms with van der Waals surface area (Å²) in [6.07, 6.45) is 0.382. The number of thioether (sulfide) groups is 1. The fourth-order valence-electron chi connectivity index (χ4n) is 3.70. The van der Waals surface area contributed by atoms with Crippen LogP contribution in [0, 0.1) is 5.92 Å². The molecule has 0 saturated heterocycles. The summed E-state index contributed by atoms with van der Waals surface area (Å²) in [4.78, 5) is 12.6. The summed E-state index contributed by atoms with van der Waals surface area (Å²) >= 11 is 1.59. The lowest BCUT2D eigenvalue weighted by Crippen LogP contribution is -2.38. The maximum absolute atomic E-state index is 12.6. The molecule has 4 rings (SSSR count). The lowest BCUT2D eigenvalue weighted by atomic mass is 9.98. The van der Waals surface area contributed by atoms with Crippen LogP contribution in [-0.4, -0.2) is 38.0 Å². The molecule has 1 aromatic heterocycles. The summed E-state index contributed by atoms with van der Waals surface area (Å²) in [5.74, 6) is 1.44. The van der Waals surface area contributed by atoms with Crippen LogP contribution in [0.1, 0.15) is 58.5 Å². The van der Waals surface area contributed by atoms with Crippen molar-refractivity contribution in [2.45, 2.75) is 57.8 Å². The Morgan fingerprint density at radius 1 is 1.06 bits per heavy atom. The van der Waals surface area contributed by atoms with Crippen molar-refractivity contribution in [2.75, 3.05) is 5.75 Å². The number of amides is 1. The monoisotopic (exact) mass is 477 g/mol. The fourth-order valence-corrected chi connectivity index (χ4v) is 4.54. The number of hydrogen-bond acceptors (Lipinski definition) is 6. The van der Waals surface area contributed by atoms with Gasteiger partial charge in [-0.15, -0.1) is 10.2 Å². The topological polar surface area (TPSA) is 81.4 Å². The first kappa shape index (κ1) is 24.0. The molecule has 1 aliphatic rings. The molecule has 2 unspecified atom stereocenters. The molecule has 8 heteroatoms. The van der Waals surface area contributed by atoms with E-state index in [4.69, 9.17) is 9.84 Å². The van der Waals surface area contributed by atoms with Gasteiger partial charge >= 0.3 is 6.09 Å². The number of aromatic nitrogens is 3. The molecule has 0 fully saturated rings. The van der Waals surface area contributed by atoms with Crippen molar-refractivity contribution in [2.24, 2.45) is 11.0 Å². The van der Waals surface area contributed by atoms with Crippen LogP contribution < -0.4 is 5.32 Å². The first-order valence-electron chi connectivity index (χ1n) is 11.6. The third-order valence-corrected chi connectivity index (χ3v) is 6.61. The SMILES string of the molecule is CCC(C)C(NC(=O)OC(C)(C)C)c1nnc2n1N=C(c1ccc(-c3ccccc3)cc1)CS2. The van der Waals surface area contributed by atoms with Gasteiger partial charge in [-0.25, -0.2) is 4.79 Å². The van der Waals surface area contributed by atoms with Gasteiger partial charge in [-0.05, 0) is 43.4 Å². The van der Waals surface area contributed by atoms with E-state index in [-0.39, 0.29) is 12.0 Å². The van der Waals surface area contributed by atoms with Crippen LogP contribution >= 0.6 is 11.8 Å². The number of alkyl carbamates (subject to hydrolysis) is 1. The maximum atomic E-state index is 12.6. The third-order valence-electron chi connectivity index (χ3n) is 5.68. The summed E-state index contributed by atoms with van der Waals surface area (Å²) < 4.78 is 7.26. The highest BCUT2D eigenvalue weighted by molar-refractivity contribution is 7.99. The molecular formula is C26H31N5O2S. The summed E-state index contributed by atoms with van der Waals surface area (Å²) in [6.45, 7) is 9.70. The molecular weight excluding hydrogens is 446 g/mol. The molecule has 2 aromatic carbocycles. The molecule has 0 saturated carbocycles. The average Bonchev–Trinajstić information content (AvgIpc) is 3.24. The molecule has 2 atom stereocenters. The van der Waals surface area contributed by atoms with Gasteiger partial charge < -0.3 is 10.1 Å². The second kappa shape index (κ2) is 10.0. The number of rotatable bonds is 6. The number of benzene rings is 2. The van der Waals surface area contributed by atoms with E-state index in [1.54, 1.807) is 16.4 Å². The molecule has 1 aliphatic heterocycles. The van der Waals surface area contributed by atoms with Crippen LogP contribution in [0.4, 0.5) is 4.79 Å². The van der Waals surface area contributed by atoms with Gasteiger partial charge in [0.2, 0.25) is 5.16 Å². The molecule has 0 aliphatic carbocycles. The second-order valence-corrected chi connectivity index (χ2v) is 10.4. The number of ether oxygens (including phenoxy) is 1. The zero-order chi connectivity index (χ0) is 24.3. The predicted octanol–water partition coefficient (Wildman–Crippen LogP) is 5.92. The van der Waals surface area contributed by atoms with Crippen molar-refractivity contribution >= 4 is 23.6 Å². The van der Waals surface area contributed by atoms with Crippen LogP contribution in [0.15, 0.2) is 64.9 Å². The van der Waals surface area contributed by atoms with E-state index >= 15 is 0 Å². The molecule has 7 nitrogen and oxygen atoms in total. The molecule has 0 radical (unpaired) electrons. The van der Waals surface area contributed by atoms with Crippen LogP contribution in [0.25, 0.3) is 11.1 Å². The number of fused-ring (bicyclic) bond motifs is 1. The Kier molecular flexibility index (Phi) is 7.07. The van der Waals surface area contributed by atoms with Gasteiger partial charge in [0.1, 0.15) is 5.60 Å². The van der Waals surface area contributed by atoms with Gasteiger partial charge in [0.15, 0.2) is 5.82 Å². The molecule has 34 heavy (non-hydrogen) atoms. The Labute approximate surface area is 205 Å². The third kappa shape index (κ3) is 5.50. The van der Waals surface area contributed by atoms with Crippen LogP contribution in [-0.2, 0) is 4.74 Å². The maximum Gasteiger partial charge on any atom is 0.408 e. The van der Waals surface area contributed by atoms with Crippen LogP contribution in [0.3, 0.4) is 0 Å². The van der Waals surface area contributed by atoms with E-state index in [2.05, 4.69) is 65.8 Å². The second-order valence-electron chi connectivity index (χ2n) is 9.44. The molecule has 1 amide bonds. The summed E-state index contributed by atoms with van der Waals surface area (Å²) in [5.41, 5.74) is 3.76. The smallest absolute Gasteiger partial charge is 0.408 e. The predicted molar refractivity (Wildman–Crippen MR) is 136 cm³/mol. The number of carbonyl (C=O) groups is 1. The van der Waals surface area contributed by atoms with Crippen LogP contribution in [0.2, 0.25) is 0 Å². The standard InChI is InChI=1S/C26H31N5O2S/c1-6-17(2)22(27-25(32)33-26(3,4)5)23-28-29-24-31(23)30-21(16-34-24)20-14-12-19(13-15-20)18-10-8-7-9-11-18/h7-15,17,22H,6,16H2,1-5H3,(H,27,32). The van der Waals surface area contributed by atoms with E-state index in [9.17, 15) is 4.79 Å². The van der Waals surface area contributed by atoms with Crippen molar-refractivity contribution in [3.63, 3.8) is 0 Å². The Hall–Kier alpha value is -3.13. The zero-order valence-corrected chi connectivity index (χ0v) is 21.1. The average molecular weight is 478 g/mol. The number of carbonyl (C=O) groups excluding carboxylic acids is 1. The van der Waals surface area contributed by atoms with Crippen LogP contribution in [0.5, 0.6) is 0 Å². The van der Waals surface area contributed by atoms with Gasteiger partial charge in [0, 0.05) is 5.75 Å². The lowest BCUT2D eigenvalue weighted by Gasteiger charge is -2.26. The Morgan fingerprint density at radius 2 is 1.71 bits per heavy atom. The highest BCUT2D eigenvalue weighted by atomic mass is 32.2. The minimum absolute atomic E-state index is 0.122. The number of nitrogens with zero attached hydrogens (tertiary/aromatic N) is 4. The highest BCUT2D eigenvalue weighted by Gasteiger charge is 2.31. The van der Waals surface area contributed by atoms with E-state index in [0.29, 0.717) is 11.6 Å². The van der Waals surface area contributed by atoms with E-state index in [0.717, 1.165) is 28.4 Å². The number of hydrogen-bond donors (Lipinski definition) is 1. The molecule has 1 N–H and O–H groups in total. The molecule has 178 valence electrons. The minimum atomic E-state index is -0.582. The number of nitrogens with one attached hydrogen (secondary N) is 1.